The van der Waals surface area contributed by atoms with Gasteiger partial charge in [-0.05, 0) is 36.8 Å². The highest BCUT2D eigenvalue weighted by Gasteiger charge is 2.20. The maximum absolute atomic E-state index is 14.1. The van der Waals surface area contributed by atoms with Crippen LogP contribution >= 0.6 is 11.6 Å². The molecule has 0 radical (unpaired) electrons. The number of nitrogens with one attached hydrogen (secondary N) is 1. The SMILES string of the molecule is Cc1ccc(NC(=O)c2ccc(F)c(Cl)c2F)cc1C(=O)N(N)c1cncnc1. The number of hydrazine groups is 1. The Labute approximate surface area is 169 Å². The maximum atomic E-state index is 14.1. The molecule has 0 saturated carbocycles. The number of carbonyl (C=O) groups excluding carboxylic acids is 2. The first-order valence-electron chi connectivity index (χ1n) is 8.19. The van der Waals surface area contributed by atoms with Crippen molar-refractivity contribution in [3.05, 3.63) is 82.4 Å². The second-order valence-corrected chi connectivity index (χ2v) is 6.36. The van der Waals surface area contributed by atoms with Gasteiger partial charge in [0.2, 0.25) is 0 Å². The molecule has 1 aromatic heterocycles. The van der Waals surface area contributed by atoms with Crippen molar-refractivity contribution in [2.45, 2.75) is 6.92 Å². The van der Waals surface area contributed by atoms with E-state index < -0.39 is 34.0 Å². The summed E-state index contributed by atoms with van der Waals surface area (Å²) < 4.78 is 27.3. The minimum absolute atomic E-state index is 0.201. The predicted octanol–water partition coefficient (Wildman–Crippen LogP) is 3.49. The van der Waals surface area contributed by atoms with Gasteiger partial charge < -0.3 is 5.32 Å². The minimum Gasteiger partial charge on any atom is -0.322 e. The van der Waals surface area contributed by atoms with Gasteiger partial charge in [0, 0.05) is 11.3 Å². The van der Waals surface area contributed by atoms with Gasteiger partial charge in [-0.3, -0.25) is 9.59 Å². The molecule has 0 unspecified atom stereocenters. The topological polar surface area (TPSA) is 101 Å². The monoisotopic (exact) mass is 417 g/mol. The van der Waals surface area contributed by atoms with Crippen LogP contribution in [0.1, 0.15) is 26.3 Å². The average molecular weight is 418 g/mol. The smallest absolute Gasteiger partial charge is 0.272 e. The van der Waals surface area contributed by atoms with Gasteiger partial charge in [0.25, 0.3) is 11.8 Å². The van der Waals surface area contributed by atoms with Crippen molar-refractivity contribution in [3.63, 3.8) is 0 Å². The van der Waals surface area contributed by atoms with Crippen molar-refractivity contribution < 1.29 is 18.4 Å². The Morgan fingerprint density at radius 2 is 1.79 bits per heavy atom. The van der Waals surface area contributed by atoms with E-state index in [-0.39, 0.29) is 16.9 Å². The van der Waals surface area contributed by atoms with Crippen LogP contribution in [-0.2, 0) is 0 Å². The summed E-state index contributed by atoms with van der Waals surface area (Å²) in [6.07, 6.45) is 4.03. The number of rotatable bonds is 4. The van der Waals surface area contributed by atoms with Gasteiger partial charge in [0.1, 0.15) is 17.2 Å². The van der Waals surface area contributed by atoms with Crippen LogP contribution < -0.4 is 16.2 Å². The van der Waals surface area contributed by atoms with Gasteiger partial charge in [0.05, 0.1) is 23.6 Å². The Bertz CT molecular complexity index is 1100. The van der Waals surface area contributed by atoms with Gasteiger partial charge in [-0.2, -0.15) is 0 Å². The summed E-state index contributed by atoms with van der Waals surface area (Å²) in [6.45, 7) is 1.69. The molecule has 2 aromatic carbocycles. The minimum atomic E-state index is -1.18. The Morgan fingerprint density at radius 3 is 2.48 bits per heavy atom. The molecule has 0 bridgehead atoms. The van der Waals surface area contributed by atoms with E-state index in [2.05, 4.69) is 15.3 Å². The third-order valence-electron chi connectivity index (χ3n) is 4.05. The molecule has 148 valence electrons. The molecule has 7 nitrogen and oxygen atoms in total. The summed E-state index contributed by atoms with van der Waals surface area (Å²) in [7, 11) is 0. The van der Waals surface area contributed by atoms with Crippen LogP contribution in [0, 0.1) is 18.6 Å². The highest BCUT2D eigenvalue weighted by Crippen LogP contribution is 2.24. The van der Waals surface area contributed by atoms with Crippen molar-refractivity contribution >= 4 is 34.8 Å². The first kappa shape index (κ1) is 20.3. The highest BCUT2D eigenvalue weighted by molar-refractivity contribution is 6.31. The van der Waals surface area contributed by atoms with Crippen molar-refractivity contribution in [1.82, 2.24) is 9.97 Å². The summed E-state index contributed by atoms with van der Waals surface area (Å²) in [5.41, 5.74) is 0.839. The number of hydrogen-bond donors (Lipinski definition) is 2. The van der Waals surface area contributed by atoms with Crippen molar-refractivity contribution in [1.29, 1.82) is 0 Å². The fourth-order valence-corrected chi connectivity index (χ4v) is 2.66. The number of halogens is 3. The second kappa shape index (κ2) is 8.29. The largest absolute Gasteiger partial charge is 0.322 e. The van der Waals surface area contributed by atoms with Gasteiger partial charge in [-0.25, -0.2) is 29.6 Å². The Hall–Kier alpha value is -3.43. The molecule has 3 N–H and O–H groups in total. The lowest BCUT2D eigenvalue weighted by Gasteiger charge is -2.18. The van der Waals surface area contributed by atoms with Crippen LogP contribution in [0.2, 0.25) is 5.02 Å². The van der Waals surface area contributed by atoms with Crippen LogP contribution in [0.15, 0.2) is 49.1 Å². The van der Waals surface area contributed by atoms with Crippen LogP contribution in [-0.4, -0.2) is 21.8 Å². The standard InChI is InChI=1S/C19H14ClF2N5O2/c1-10-2-3-11(26-18(28)13-4-5-15(21)16(20)17(13)22)6-14(10)19(29)27(23)12-7-24-9-25-8-12/h2-9H,23H2,1H3,(H,26,28). The number of nitrogens with zero attached hydrogens (tertiary/aromatic N) is 3. The first-order chi connectivity index (χ1) is 13.8. The summed E-state index contributed by atoms with van der Waals surface area (Å²) in [5.74, 6) is 2.28. The lowest BCUT2D eigenvalue weighted by atomic mass is 10.1. The summed E-state index contributed by atoms with van der Waals surface area (Å²) in [4.78, 5) is 32.7. The molecule has 0 aliphatic heterocycles. The molecule has 0 atom stereocenters. The quantitative estimate of drug-likeness (QED) is 0.293. The van der Waals surface area contributed by atoms with E-state index in [0.717, 1.165) is 17.1 Å². The average Bonchev–Trinajstić information content (AvgIpc) is 2.73. The molecule has 0 aliphatic carbocycles. The fourth-order valence-electron chi connectivity index (χ4n) is 2.49. The Balaban J connectivity index is 1.87. The van der Waals surface area contributed by atoms with E-state index in [0.29, 0.717) is 5.56 Å². The molecule has 2 amide bonds. The van der Waals surface area contributed by atoms with Gasteiger partial charge in [-0.1, -0.05) is 17.7 Å². The number of carbonyl (C=O) groups is 2. The third-order valence-corrected chi connectivity index (χ3v) is 4.40. The van der Waals surface area contributed by atoms with Crippen molar-refractivity contribution in [3.8, 4) is 0 Å². The van der Waals surface area contributed by atoms with E-state index >= 15 is 0 Å². The highest BCUT2D eigenvalue weighted by atomic mass is 35.5. The molecule has 0 aliphatic rings. The number of aromatic nitrogens is 2. The molecule has 1 heterocycles. The van der Waals surface area contributed by atoms with Crippen LogP contribution in [0.5, 0.6) is 0 Å². The number of hydrogen-bond acceptors (Lipinski definition) is 5. The maximum Gasteiger partial charge on any atom is 0.272 e. The van der Waals surface area contributed by atoms with Crippen LogP contribution in [0.3, 0.4) is 0 Å². The summed E-state index contributed by atoms with van der Waals surface area (Å²) >= 11 is 5.51. The number of amides is 2. The van der Waals surface area contributed by atoms with E-state index in [1.807, 2.05) is 0 Å². The zero-order valence-electron chi connectivity index (χ0n) is 15.0. The molecule has 0 fully saturated rings. The number of benzene rings is 2. The first-order valence-corrected chi connectivity index (χ1v) is 8.57. The van der Waals surface area contributed by atoms with E-state index in [9.17, 15) is 18.4 Å². The molecule has 10 heteroatoms. The predicted molar refractivity (Wildman–Crippen MR) is 104 cm³/mol. The Morgan fingerprint density at radius 1 is 1.10 bits per heavy atom. The van der Waals surface area contributed by atoms with Crippen LogP contribution in [0.25, 0.3) is 0 Å². The summed E-state index contributed by atoms with van der Waals surface area (Å²) in [5, 5.41) is 2.54. The number of aryl methyl sites for hydroxylation is 1. The van der Waals surface area contributed by atoms with Gasteiger partial charge >= 0.3 is 0 Å². The number of nitrogens with two attached hydrogens (primary N) is 1. The zero-order valence-corrected chi connectivity index (χ0v) is 15.7. The molecule has 0 spiro atoms. The van der Waals surface area contributed by atoms with E-state index in [1.165, 1.54) is 30.9 Å². The molecule has 3 rings (SSSR count). The molecule has 0 saturated heterocycles. The lowest BCUT2D eigenvalue weighted by Crippen LogP contribution is -2.38. The second-order valence-electron chi connectivity index (χ2n) is 5.98. The molecular formula is C19H14ClF2N5O2. The molecule has 29 heavy (non-hydrogen) atoms. The van der Waals surface area contributed by atoms with E-state index in [4.69, 9.17) is 17.4 Å². The van der Waals surface area contributed by atoms with Gasteiger partial charge in [-0.15, -0.1) is 0 Å². The third kappa shape index (κ3) is 4.20. The molecule has 3 aromatic rings. The zero-order chi connectivity index (χ0) is 21.1. The van der Waals surface area contributed by atoms with Crippen molar-refractivity contribution in [2.24, 2.45) is 5.84 Å². The van der Waals surface area contributed by atoms with E-state index in [1.54, 1.807) is 13.0 Å². The summed E-state index contributed by atoms with van der Waals surface area (Å²) in [6, 6.07) is 6.37. The Kier molecular flexibility index (Phi) is 5.81. The van der Waals surface area contributed by atoms with Crippen molar-refractivity contribution in [2.75, 3.05) is 10.3 Å². The number of anilines is 2. The van der Waals surface area contributed by atoms with Gasteiger partial charge in [0.15, 0.2) is 5.82 Å². The lowest BCUT2D eigenvalue weighted by molar-refractivity contribution is 0.0983. The fraction of sp³-hybridized carbons (Fsp3) is 0.0526. The van der Waals surface area contributed by atoms with Crippen LogP contribution in [0.4, 0.5) is 20.2 Å². The molecular weight excluding hydrogens is 404 g/mol. The normalized spacial score (nSPS) is 10.5.